The molecule has 166 valence electrons. The third-order valence-electron chi connectivity index (χ3n) is 5.84. The van der Waals surface area contributed by atoms with Gasteiger partial charge in [-0.1, -0.05) is 48.5 Å². The van der Waals surface area contributed by atoms with Crippen LogP contribution in [0.4, 0.5) is 0 Å². The lowest BCUT2D eigenvalue weighted by molar-refractivity contribution is -0.131. The van der Waals surface area contributed by atoms with Crippen molar-refractivity contribution in [3.05, 3.63) is 65.7 Å². The predicted octanol–water partition coefficient (Wildman–Crippen LogP) is 2.88. The molecule has 2 aromatic rings. The molecule has 0 radical (unpaired) electrons. The lowest BCUT2D eigenvalue weighted by Gasteiger charge is -2.32. The van der Waals surface area contributed by atoms with E-state index in [-0.39, 0.29) is 12.5 Å². The van der Waals surface area contributed by atoms with Gasteiger partial charge in [0.25, 0.3) is 0 Å². The summed E-state index contributed by atoms with van der Waals surface area (Å²) in [6.45, 7) is 2.63. The van der Waals surface area contributed by atoms with E-state index in [0.29, 0.717) is 18.4 Å². The molecule has 0 aliphatic carbocycles. The Labute approximate surface area is 185 Å². The summed E-state index contributed by atoms with van der Waals surface area (Å²) in [7, 11) is 3.40. The van der Waals surface area contributed by atoms with Gasteiger partial charge in [-0.05, 0) is 48.8 Å². The first-order chi connectivity index (χ1) is 15.2. The summed E-state index contributed by atoms with van der Waals surface area (Å²) in [4.78, 5) is 18.8. The summed E-state index contributed by atoms with van der Waals surface area (Å²) in [6, 6.07) is 18.6. The molecule has 0 bridgehead atoms. The molecule has 1 amide bonds. The highest BCUT2D eigenvalue weighted by molar-refractivity contribution is 5.86. The van der Waals surface area contributed by atoms with Crippen LogP contribution < -0.4 is 15.4 Å². The van der Waals surface area contributed by atoms with E-state index < -0.39 is 0 Å². The summed E-state index contributed by atoms with van der Waals surface area (Å²) in [5.41, 5.74) is 2.53. The van der Waals surface area contributed by atoms with Crippen LogP contribution in [0.1, 0.15) is 24.0 Å². The number of methoxy groups -OCH3 is 1. The largest absolute Gasteiger partial charge is 0.496 e. The van der Waals surface area contributed by atoms with Gasteiger partial charge in [-0.25, -0.2) is 0 Å². The zero-order valence-corrected chi connectivity index (χ0v) is 18.6. The maximum atomic E-state index is 12.6. The molecule has 1 heterocycles. The molecular formula is C25H34N4O2. The van der Waals surface area contributed by atoms with Gasteiger partial charge in [0.2, 0.25) is 5.91 Å². The number of hydrogen-bond acceptors (Lipinski definition) is 3. The van der Waals surface area contributed by atoms with Crippen molar-refractivity contribution in [2.24, 2.45) is 10.9 Å². The van der Waals surface area contributed by atoms with Crippen LogP contribution in [0.15, 0.2) is 59.6 Å². The molecule has 0 aromatic heterocycles. The Morgan fingerprint density at radius 2 is 1.77 bits per heavy atom. The summed E-state index contributed by atoms with van der Waals surface area (Å²) in [6.07, 6.45) is 4.04. The lowest BCUT2D eigenvalue weighted by atomic mass is 9.90. The van der Waals surface area contributed by atoms with Crippen molar-refractivity contribution in [3.63, 3.8) is 0 Å². The Balaban J connectivity index is 1.36. The van der Waals surface area contributed by atoms with Gasteiger partial charge in [-0.2, -0.15) is 0 Å². The maximum absolute atomic E-state index is 12.6. The van der Waals surface area contributed by atoms with Crippen LogP contribution in [0.5, 0.6) is 5.75 Å². The summed E-state index contributed by atoms with van der Waals surface area (Å²) < 4.78 is 5.39. The number of amides is 1. The molecule has 0 atom stereocenters. The quantitative estimate of drug-likeness (QED) is 0.507. The highest BCUT2D eigenvalue weighted by Crippen LogP contribution is 2.21. The zero-order valence-electron chi connectivity index (χ0n) is 18.6. The minimum atomic E-state index is 0.130. The van der Waals surface area contributed by atoms with Crippen LogP contribution in [-0.4, -0.2) is 57.1 Å². The van der Waals surface area contributed by atoms with E-state index in [0.717, 1.165) is 50.1 Å². The molecule has 2 N–H and O–H groups in total. The van der Waals surface area contributed by atoms with Gasteiger partial charge in [-0.15, -0.1) is 0 Å². The van der Waals surface area contributed by atoms with Gasteiger partial charge in [0.05, 0.1) is 13.7 Å². The minimum Gasteiger partial charge on any atom is -0.496 e. The SMILES string of the molecule is CN=C(NCCc1ccccc1OC)NCC(=O)N1CCC(Cc2ccccc2)CC1. The third kappa shape index (κ3) is 7.02. The number of nitrogens with one attached hydrogen (secondary N) is 2. The summed E-state index contributed by atoms with van der Waals surface area (Å²) >= 11 is 0. The Morgan fingerprint density at radius 3 is 2.48 bits per heavy atom. The van der Waals surface area contributed by atoms with Crippen molar-refractivity contribution in [2.45, 2.75) is 25.7 Å². The second kappa shape index (κ2) is 12.0. The van der Waals surface area contributed by atoms with Gasteiger partial charge in [0.1, 0.15) is 5.75 Å². The second-order valence-corrected chi connectivity index (χ2v) is 7.93. The van der Waals surface area contributed by atoms with Crippen molar-refractivity contribution in [2.75, 3.05) is 40.3 Å². The number of ether oxygens (including phenoxy) is 1. The van der Waals surface area contributed by atoms with Crippen LogP contribution >= 0.6 is 0 Å². The van der Waals surface area contributed by atoms with Gasteiger partial charge in [0.15, 0.2) is 5.96 Å². The molecule has 1 aliphatic rings. The number of aliphatic imine (C=N–C) groups is 1. The normalized spacial score (nSPS) is 14.9. The minimum absolute atomic E-state index is 0.130. The van der Waals surface area contributed by atoms with Crippen LogP contribution in [0, 0.1) is 5.92 Å². The van der Waals surface area contributed by atoms with Gasteiger partial charge >= 0.3 is 0 Å². The van der Waals surface area contributed by atoms with Crippen molar-refractivity contribution >= 4 is 11.9 Å². The van der Waals surface area contributed by atoms with Crippen molar-refractivity contribution in [3.8, 4) is 5.75 Å². The van der Waals surface area contributed by atoms with E-state index in [1.54, 1.807) is 14.2 Å². The number of carbonyl (C=O) groups is 1. The molecule has 2 aromatic carbocycles. The molecule has 6 nitrogen and oxygen atoms in total. The molecule has 0 spiro atoms. The molecule has 3 rings (SSSR count). The topological polar surface area (TPSA) is 66.0 Å². The molecular weight excluding hydrogens is 388 g/mol. The van der Waals surface area contributed by atoms with Crippen LogP contribution in [0.2, 0.25) is 0 Å². The van der Waals surface area contributed by atoms with E-state index >= 15 is 0 Å². The molecule has 1 fully saturated rings. The molecule has 31 heavy (non-hydrogen) atoms. The number of carbonyl (C=O) groups excluding carboxylic acids is 1. The average Bonchev–Trinajstić information content (AvgIpc) is 2.82. The smallest absolute Gasteiger partial charge is 0.241 e. The van der Waals surface area contributed by atoms with Crippen molar-refractivity contribution in [1.29, 1.82) is 0 Å². The molecule has 1 saturated heterocycles. The van der Waals surface area contributed by atoms with Gasteiger partial charge < -0.3 is 20.3 Å². The number of nitrogens with zero attached hydrogens (tertiary/aromatic N) is 2. The highest BCUT2D eigenvalue weighted by Gasteiger charge is 2.22. The Kier molecular flexibility index (Phi) is 8.76. The molecule has 0 saturated carbocycles. The first-order valence-electron chi connectivity index (χ1n) is 11.1. The second-order valence-electron chi connectivity index (χ2n) is 7.93. The Bertz CT molecular complexity index is 846. The average molecular weight is 423 g/mol. The fourth-order valence-electron chi connectivity index (χ4n) is 4.05. The molecule has 1 aliphatic heterocycles. The van der Waals surface area contributed by atoms with E-state index in [9.17, 15) is 4.79 Å². The lowest BCUT2D eigenvalue weighted by Crippen LogP contribution is -2.47. The number of piperidine rings is 1. The van der Waals surface area contributed by atoms with E-state index in [1.807, 2.05) is 23.1 Å². The molecule has 6 heteroatoms. The number of rotatable bonds is 8. The Hall–Kier alpha value is -3.02. The number of para-hydroxylation sites is 1. The van der Waals surface area contributed by atoms with E-state index in [2.05, 4.69) is 52.0 Å². The predicted molar refractivity (Wildman–Crippen MR) is 126 cm³/mol. The fraction of sp³-hybridized carbons (Fsp3) is 0.440. The first-order valence-corrected chi connectivity index (χ1v) is 11.1. The maximum Gasteiger partial charge on any atom is 0.241 e. The van der Waals surface area contributed by atoms with Crippen molar-refractivity contribution in [1.82, 2.24) is 15.5 Å². The number of benzene rings is 2. The zero-order chi connectivity index (χ0) is 21.9. The monoisotopic (exact) mass is 422 g/mol. The first kappa shape index (κ1) is 22.7. The molecule has 0 unspecified atom stereocenters. The number of guanidine groups is 1. The van der Waals surface area contributed by atoms with Gasteiger partial charge in [0, 0.05) is 26.7 Å². The highest BCUT2D eigenvalue weighted by atomic mass is 16.5. The third-order valence-corrected chi connectivity index (χ3v) is 5.84. The van der Waals surface area contributed by atoms with E-state index in [1.165, 1.54) is 5.56 Å². The van der Waals surface area contributed by atoms with Crippen LogP contribution in [-0.2, 0) is 17.6 Å². The van der Waals surface area contributed by atoms with Crippen LogP contribution in [0.3, 0.4) is 0 Å². The van der Waals surface area contributed by atoms with Crippen molar-refractivity contribution < 1.29 is 9.53 Å². The van der Waals surface area contributed by atoms with E-state index in [4.69, 9.17) is 4.74 Å². The van der Waals surface area contributed by atoms with Crippen LogP contribution in [0.25, 0.3) is 0 Å². The fourth-order valence-corrected chi connectivity index (χ4v) is 4.05. The number of hydrogen-bond donors (Lipinski definition) is 2. The Morgan fingerprint density at radius 1 is 1.06 bits per heavy atom. The standard InChI is InChI=1S/C25H34N4O2/c1-26-25(27-15-12-22-10-6-7-11-23(22)31-2)28-19-24(30)29-16-13-21(14-17-29)18-20-8-4-3-5-9-20/h3-11,21H,12-19H2,1-2H3,(H2,26,27,28). The number of likely N-dealkylation sites (tertiary alicyclic amines) is 1. The summed E-state index contributed by atoms with van der Waals surface area (Å²) in [5.74, 6) is 2.31. The summed E-state index contributed by atoms with van der Waals surface area (Å²) in [5, 5.41) is 6.42. The van der Waals surface area contributed by atoms with Gasteiger partial charge in [-0.3, -0.25) is 9.79 Å².